The molecule has 3 aromatic rings. The van der Waals surface area contributed by atoms with Crippen LogP contribution in [0, 0.1) is 0 Å². The molecule has 1 unspecified atom stereocenters. The molecule has 0 bridgehead atoms. The van der Waals surface area contributed by atoms with Crippen molar-refractivity contribution in [2.75, 3.05) is 26.2 Å². The monoisotopic (exact) mass is 368 g/mol. The highest BCUT2D eigenvalue weighted by atomic mass is 15.2. The van der Waals surface area contributed by atoms with Crippen LogP contribution in [-0.4, -0.2) is 37.1 Å². The average Bonchev–Trinajstić information content (AvgIpc) is 2.77. The first-order valence-corrected chi connectivity index (χ1v) is 10.2. The van der Waals surface area contributed by atoms with Gasteiger partial charge in [-0.05, 0) is 16.7 Å². The summed E-state index contributed by atoms with van der Waals surface area (Å²) in [6, 6.07) is 32.9. The first kappa shape index (κ1) is 18.7. The predicted molar refractivity (Wildman–Crippen MR) is 118 cm³/mol. The lowest BCUT2D eigenvalue weighted by Gasteiger charge is -2.41. The highest BCUT2D eigenvalue weighted by Crippen LogP contribution is 2.31. The predicted octanol–water partition coefficient (Wildman–Crippen LogP) is 4.81. The molecule has 142 valence electrons. The molecule has 0 radical (unpaired) electrons. The van der Waals surface area contributed by atoms with E-state index < -0.39 is 0 Å². The van der Waals surface area contributed by atoms with Crippen LogP contribution >= 0.6 is 0 Å². The van der Waals surface area contributed by atoms with Crippen LogP contribution in [0.25, 0.3) is 6.08 Å². The first-order chi connectivity index (χ1) is 13.9. The normalized spacial score (nSPS) is 18.0. The maximum absolute atomic E-state index is 3.63. The molecule has 1 fully saturated rings. The fourth-order valence-corrected chi connectivity index (χ4v) is 4.17. The largest absolute Gasteiger partial charge is 0.314 e. The summed E-state index contributed by atoms with van der Waals surface area (Å²) in [5, 5.41) is 3.63. The van der Waals surface area contributed by atoms with Crippen LogP contribution in [-0.2, 0) is 0 Å². The molecule has 0 saturated carbocycles. The zero-order chi connectivity index (χ0) is 19.0. The zero-order valence-electron chi connectivity index (χ0n) is 16.2. The maximum Gasteiger partial charge on any atom is 0.0333 e. The van der Waals surface area contributed by atoms with Gasteiger partial charge in [-0.2, -0.15) is 0 Å². The molecule has 0 spiro atoms. The second-order valence-electron chi connectivity index (χ2n) is 7.38. The smallest absolute Gasteiger partial charge is 0.0333 e. The van der Waals surface area contributed by atoms with Crippen molar-refractivity contribution < 1.29 is 0 Å². The third-order valence-electron chi connectivity index (χ3n) is 5.55. The van der Waals surface area contributed by atoms with Crippen LogP contribution in [0.3, 0.4) is 0 Å². The molecule has 2 heteroatoms. The molecule has 1 saturated heterocycles. The van der Waals surface area contributed by atoms with Crippen molar-refractivity contribution in [1.29, 1.82) is 0 Å². The van der Waals surface area contributed by atoms with Crippen LogP contribution in [0.2, 0.25) is 0 Å². The van der Waals surface area contributed by atoms with Gasteiger partial charge in [0.2, 0.25) is 0 Å². The Hall–Kier alpha value is -2.68. The van der Waals surface area contributed by atoms with E-state index in [9.17, 15) is 0 Å². The van der Waals surface area contributed by atoms with E-state index in [1.807, 2.05) is 0 Å². The van der Waals surface area contributed by atoms with E-state index in [2.05, 4.69) is 113 Å². The summed E-state index contributed by atoms with van der Waals surface area (Å²) < 4.78 is 0. The molecule has 3 aromatic carbocycles. The Morgan fingerprint density at radius 3 is 2.00 bits per heavy atom. The number of hydrogen-bond acceptors (Lipinski definition) is 2. The van der Waals surface area contributed by atoms with Gasteiger partial charge in [-0.15, -0.1) is 0 Å². The molecule has 2 nitrogen and oxygen atoms in total. The molecule has 28 heavy (non-hydrogen) atoms. The summed E-state index contributed by atoms with van der Waals surface area (Å²) in [5.74, 6) is 0.361. The van der Waals surface area contributed by atoms with E-state index in [1.165, 1.54) is 16.7 Å². The van der Waals surface area contributed by atoms with Gasteiger partial charge in [0, 0.05) is 38.1 Å². The second-order valence-corrected chi connectivity index (χ2v) is 7.38. The van der Waals surface area contributed by atoms with Gasteiger partial charge in [-0.1, -0.05) is 103 Å². The number of rotatable bonds is 6. The summed E-state index contributed by atoms with van der Waals surface area (Å²) >= 11 is 0. The van der Waals surface area contributed by atoms with Gasteiger partial charge in [-0.3, -0.25) is 4.90 Å². The molecule has 0 aromatic heterocycles. The second kappa shape index (κ2) is 9.50. The van der Waals surface area contributed by atoms with Crippen LogP contribution in [0.5, 0.6) is 0 Å². The van der Waals surface area contributed by atoms with E-state index in [-0.39, 0.29) is 0 Å². The lowest BCUT2D eigenvalue weighted by atomic mass is 9.83. The van der Waals surface area contributed by atoms with Gasteiger partial charge in [0.25, 0.3) is 0 Å². The van der Waals surface area contributed by atoms with Gasteiger partial charge in [-0.25, -0.2) is 0 Å². The molecule has 1 N–H and O–H groups in total. The highest BCUT2D eigenvalue weighted by Gasteiger charge is 2.31. The Kier molecular flexibility index (Phi) is 6.33. The molecule has 1 aliphatic heterocycles. The Bertz CT molecular complexity index is 819. The van der Waals surface area contributed by atoms with Crippen LogP contribution in [0.1, 0.15) is 22.6 Å². The number of nitrogens with one attached hydrogen (secondary N) is 1. The van der Waals surface area contributed by atoms with E-state index in [0.717, 1.165) is 26.2 Å². The quantitative estimate of drug-likeness (QED) is 0.672. The molecular formula is C26H28N2. The number of piperazine rings is 1. The third kappa shape index (κ3) is 4.59. The average molecular weight is 369 g/mol. The molecule has 4 rings (SSSR count). The lowest BCUT2D eigenvalue weighted by molar-refractivity contribution is 0.164. The number of benzene rings is 3. The maximum atomic E-state index is 3.63. The van der Waals surface area contributed by atoms with Gasteiger partial charge in [0.1, 0.15) is 0 Å². The fourth-order valence-electron chi connectivity index (χ4n) is 4.17. The molecule has 1 aliphatic rings. The summed E-state index contributed by atoms with van der Waals surface area (Å²) in [5.41, 5.74) is 4.04. The minimum atomic E-state index is 0.361. The minimum absolute atomic E-state index is 0.361. The first-order valence-electron chi connectivity index (χ1n) is 10.2. The molecular weight excluding hydrogens is 340 g/mol. The summed E-state index contributed by atoms with van der Waals surface area (Å²) in [6.45, 7) is 4.09. The molecule has 1 heterocycles. The van der Waals surface area contributed by atoms with Crippen molar-refractivity contribution in [3.05, 3.63) is 114 Å². The van der Waals surface area contributed by atoms with Gasteiger partial charge in [0.05, 0.1) is 0 Å². The van der Waals surface area contributed by atoms with Crippen molar-refractivity contribution in [2.45, 2.75) is 12.0 Å². The van der Waals surface area contributed by atoms with Gasteiger partial charge >= 0.3 is 0 Å². The highest BCUT2D eigenvalue weighted by molar-refractivity contribution is 5.48. The molecule has 0 amide bonds. The fraction of sp³-hybridized carbons (Fsp3) is 0.231. The Labute approximate surface area is 168 Å². The topological polar surface area (TPSA) is 15.3 Å². The Morgan fingerprint density at radius 1 is 0.821 bits per heavy atom. The van der Waals surface area contributed by atoms with Crippen LogP contribution in [0.15, 0.2) is 97.1 Å². The van der Waals surface area contributed by atoms with Crippen molar-refractivity contribution in [2.24, 2.45) is 0 Å². The van der Waals surface area contributed by atoms with Gasteiger partial charge in [0.15, 0.2) is 0 Å². The molecule has 0 aliphatic carbocycles. The number of nitrogens with zero attached hydrogens (tertiary/aromatic N) is 1. The zero-order valence-corrected chi connectivity index (χ0v) is 16.2. The van der Waals surface area contributed by atoms with Crippen molar-refractivity contribution in [3.8, 4) is 0 Å². The summed E-state index contributed by atoms with van der Waals surface area (Å²) in [6.07, 6.45) is 4.54. The van der Waals surface area contributed by atoms with Crippen molar-refractivity contribution in [3.63, 3.8) is 0 Å². The Morgan fingerprint density at radius 2 is 1.39 bits per heavy atom. The van der Waals surface area contributed by atoms with E-state index >= 15 is 0 Å². The SMILES string of the molecule is C(=Cc1ccccc1)CN1CCNCC1C(c1ccccc1)c1ccccc1. The van der Waals surface area contributed by atoms with E-state index in [0.29, 0.717) is 12.0 Å². The van der Waals surface area contributed by atoms with Gasteiger partial charge < -0.3 is 5.32 Å². The number of hydrogen-bond donors (Lipinski definition) is 1. The third-order valence-corrected chi connectivity index (χ3v) is 5.55. The standard InChI is InChI=1S/C26H28N2/c1-4-11-22(12-5-1)13-10-19-28-20-18-27-21-25(28)26(23-14-6-2-7-15-23)24-16-8-3-9-17-24/h1-17,25-27H,18-21H2. The van der Waals surface area contributed by atoms with E-state index in [1.54, 1.807) is 0 Å². The molecule has 1 atom stereocenters. The summed E-state index contributed by atoms with van der Waals surface area (Å²) in [7, 11) is 0. The summed E-state index contributed by atoms with van der Waals surface area (Å²) in [4.78, 5) is 2.63. The van der Waals surface area contributed by atoms with Crippen molar-refractivity contribution in [1.82, 2.24) is 10.2 Å². The lowest BCUT2D eigenvalue weighted by Crippen LogP contribution is -2.53. The Balaban J connectivity index is 1.59. The van der Waals surface area contributed by atoms with Crippen LogP contribution < -0.4 is 5.32 Å². The van der Waals surface area contributed by atoms with E-state index in [4.69, 9.17) is 0 Å². The van der Waals surface area contributed by atoms with Crippen molar-refractivity contribution >= 4 is 6.08 Å². The minimum Gasteiger partial charge on any atom is -0.314 e. The van der Waals surface area contributed by atoms with Crippen LogP contribution in [0.4, 0.5) is 0 Å².